The first-order chi connectivity index (χ1) is 12.5. The lowest BCUT2D eigenvalue weighted by molar-refractivity contribution is 0.114. The van der Waals surface area contributed by atoms with Crippen LogP contribution in [-0.2, 0) is 6.42 Å². The summed E-state index contributed by atoms with van der Waals surface area (Å²) in [6, 6.07) is 12.7. The highest BCUT2D eigenvalue weighted by Gasteiger charge is 2.23. The Bertz CT molecular complexity index is 684. The predicted octanol–water partition coefficient (Wildman–Crippen LogP) is 3.29. The maximum Gasteiger partial charge on any atom is 0.127 e. The summed E-state index contributed by atoms with van der Waals surface area (Å²) in [4.78, 5) is 0. The molecule has 0 amide bonds. The molecule has 0 fully saturated rings. The monoisotopic (exact) mass is 361 g/mol. The van der Waals surface area contributed by atoms with Crippen LogP contribution in [0.2, 0.25) is 0 Å². The maximum absolute atomic E-state index is 14.4. The third kappa shape index (κ3) is 5.53. The van der Waals surface area contributed by atoms with Crippen LogP contribution in [0.4, 0.5) is 4.39 Å². The van der Waals surface area contributed by atoms with E-state index in [-0.39, 0.29) is 19.0 Å². The molecule has 0 saturated carbocycles. The molecule has 0 aromatic heterocycles. The highest BCUT2D eigenvalue weighted by Crippen LogP contribution is 2.25. The Morgan fingerprint density at radius 1 is 1.04 bits per heavy atom. The van der Waals surface area contributed by atoms with Gasteiger partial charge in [-0.3, -0.25) is 0 Å². The van der Waals surface area contributed by atoms with Gasteiger partial charge in [-0.25, -0.2) is 4.39 Å². The Hall–Kier alpha value is -1.95. The molecule has 0 bridgehead atoms. The van der Waals surface area contributed by atoms with Crippen LogP contribution in [-0.4, -0.2) is 35.6 Å². The minimum Gasteiger partial charge on any atom is -0.494 e. The van der Waals surface area contributed by atoms with Gasteiger partial charge in [0.15, 0.2) is 0 Å². The standard InChI is InChI=1S/C21H28FNO3/c1-2-3-12-26-19-8-6-16(7-9-19)18-5-4-17(20(22)13-18)10-11-21(23,14-24)15-25/h4-9,13,24-25H,2-3,10-12,14-15,23H2,1H3. The second-order valence-corrected chi connectivity index (χ2v) is 6.71. The Balaban J connectivity index is 2.04. The minimum atomic E-state index is -1.08. The van der Waals surface area contributed by atoms with Gasteiger partial charge in [-0.1, -0.05) is 37.6 Å². The summed E-state index contributed by atoms with van der Waals surface area (Å²) in [6.45, 7) is 2.14. The molecule has 142 valence electrons. The number of unbranched alkanes of at least 4 members (excludes halogenated alkanes) is 1. The molecule has 5 heteroatoms. The van der Waals surface area contributed by atoms with Gasteiger partial charge in [0.2, 0.25) is 0 Å². The molecule has 0 saturated heterocycles. The van der Waals surface area contributed by atoms with Crippen LogP contribution in [0.5, 0.6) is 5.75 Å². The van der Waals surface area contributed by atoms with Gasteiger partial charge in [0.25, 0.3) is 0 Å². The van der Waals surface area contributed by atoms with Crippen LogP contribution in [0.3, 0.4) is 0 Å². The van der Waals surface area contributed by atoms with Crippen molar-refractivity contribution < 1.29 is 19.3 Å². The van der Waals surface area contributed by atoms with E-state index in [1.807, 2.05) is 30.3 Å². The van der Waals surface area contributed by atoms with Gasteiger partial charge in [-0.2, -0.15) is 0 Å². The predicted molar refractivity (Wildman–Crippen MR) is 102 cm³/mol. The lowest BCUT2D eigenvalue weighted by Gasteiger charge is -2.24. The number of aryl methyl sites for hydroxylation is 1. The average molecular weight is 361 g/mol. The Labute approximate surface area is 154 Å². The van der Waals surface area contributed by atoms with E-state index in [9.17, 15) is 14.6 Å². The van der Waals surface area contributed by atoms with Crippen LogP contribution in [0, 0.1) is 5.82 Å². The molecule has 4 N–H and O–H groups in total. The molecule has 0 atom stereocenters. The lowest BCUT2D eigenvalue weighted by Crippen LogP contribution is -2.47. The van der Waals surface area contributed by atoms with Crippen LogP contribution in [0.25, 0.3) is 11.1 Å². The normalized spacial score (nSPS) is 11.6. The molecule has 2 aromatic rings. The molecule has 4 nitrogen and oxygen atoms in total. The van der Waals surface area contributed by atoms with Gasteiger partial charge in [0.05, 0.1) is 25.4 Å². The minimum absolute atomic E-state index is 0.306. The van der Waals surface area contributed by atoms with Gasteiger partial charge < -0.3 is 20.7 Å². The Kier molecular flexibility index (Phi) is 7.57. The first-order valence-corrected chi connectivity index (χ1v) is 9.03. The number of hydrogen-bond donors (Lipinski definition) is 3. The van der Waals surface area contributed by atoms with E-state index in [1.165, 1.54) is 6.07 Å². The number of halogens is 1. The van der Waals surface area contributed by atoms with Crippen molar-refractivity contribution in [2.75, 3.05) is 19.8 Å². The van der Waals surface area contributed by atoms with Crippen molar-refractivity contribution in [1.82, 2.24) is 0 Å². The van der Waals surface area contributed by atoms with E-state index in [1.54, 1.807) is 6.07 Å². The zero-order valence-electron chi connectivity index (χ0n) is 15.2. The fraction of sp³-hybridized carbons (Fsp3) is 0.429. The molecule has 0 spiro atoms. The summed E-state index contributed by atoms with van der Waals surface area (Å²) in [5, 5.41) is 18.5. The third-order valence-corrected chi connectivity index (χ3v) is 4.53. The van der Waals surface area contributed by atoms with Crippen LogP contribution in [0.15, 0.2) is 42.5 Å². The van der Waals surface area contributed by atoms with Crippen molar-refractivity contribution >= 4 is 0 Å². The van der Waals surface area contributed by atoms with Gasteiger partial charge in [-0.05, 0) is 54.2 Å². The van der Waals surface area contributed by atoms with E-state index in [0.717, 1.165) is 29.7 Å². The van der Waals surface area contributed by atoms with E-state index >= 15 is 0 Å². The number of aliphatic hydroxyl groups is 2. The molecule has 2 aromatic carbocycles. The molecule has 0 radical (unpaired) electrons. The highest BCUT2D eigenvalue weighted by atomic mass is 19.1. The van der Waals surface area contributed by atoms with Crippen molar-refractivity contribution in [3.63, 3.8) is 0 Å². The van der Waals surface area contributed by atoms with E-state index in [4.69, 9.17) is 10.5 Å². The van der Waals surface area contributed by atoms with E-state index in [2.05, 4.69) is 6.92 Å². The van der Waals surface area contributed by atoms with Crippen molar-refractivity contribution in [3.05, 3.63) is 53.8 Å². The van der Waals surface area contributed by atoms with Crippen LogP contribution < -0.4 is 10.5 Å². The maximum atomic E-state index is 14.4. The van der Waals surface area contributed by atoms with Gasteiger partial charge >= 0.3 is 0 Å². The second-order valence-electron chi connectivity index (χ2n) is 6.71. The molecule has 2 rings (SSSR count). The molecule has 0 aliphatic carbocycles. The number of aliphatic hydroxyl groups excluding tert-OH is 2. The lowest BCUT2D eigenvalue weighted by atomic mass is 9.93. The SMILES string of the molecule is CCCCOc1ccc(-c2ccc(CCC(N)(CO)CO)c(F)c2)cc1. The topological polar surface area (TPSA) is 75.7 Å². The zero-order valence-corrected chi connectivity index (χ0v) is 15.2. The number of nitrogens with two attached hydrogens (primary N) is 1. The highest BCUT2D eigenvalue weighted by molar-refractivity contribution is 5.64. The summed E-state index contributed by atoms with van der Waals surface area (Å²) in [7, 11) is 0. The number of benzene rings is 2. The number of ether oxygens (including phenoxy) is 1. The van der Waals surface area contributed by atoms with Crippen molar-refractivity contribution in [2.24, 2.45) is 5.73 Å². The van der Waals surface area contributed by atoms with Crippen molar-refractivity contribution in [2.45, 2.75) is 38.1 Å². The smallest absolute Gasteiger partial charge is 0.127 e. The molecular weight excluding hydrogens is 333 g/mol. The van der Waals surface area contributed by atoms with E-state index < -0.39 is 5.54 Å². The van der Waals surface area contributed by atoms with E-state index in [0.29, 0.717) is 25.0 Å². The Morgan fingerprint density at radius 3 is 2.27 bits per heavy atom. The van der Waals surface area contributed by atoms with Crippen molar-refractivity contribution in [1.29, 1.82) is 0 Å². The first kappa shape index (κ1) is 20.4. The van der Waals surface area contributed by atoms with Gasteiger partial charge in [-0.15, -0.1) is 0 Å². The molecular formula is C21H28FNO3. The first-order valence-electron chi connectivity index (χ1n) is 9.03. The molecule has 0 aliphatic heterocycles. The van der Waals surface area contributed by atoms with Crippen LogP contribution in [0.1, 0.15) is 31.7 Å². The molecule has 0 heterocycles. The average Bonchev–Trinajstić information content (AvgIpc) is 2.67. The quantitative estimate of drug-likeness (QED) is 0.568. The second kappa shape index (κ2) is 9.67. The fourth-order valence-corrected chi connectivity index (χ4v) is 2.60. The number of rotatable bonds is 10. The summed E-state index contributed by atoms with van der Waals surface area (Å²) < 4.78 is 20.1. The van der Waals surface area contributed by atoms with Gasteiger partial charge in [0.1, 0.15) is 11.6 Å². The summed E-state index contributed by atoms with van der Waals surface area (Å²) >= 11 is 0. The summed E-state index contributed by atoms with van der Waals surface area (Å²) in [5.41, 5.74) is 6.97. The Morgan fingerprint density at radius 2 is 1.69 bits per heavy atom. The number of hydrogen-bond acceptors (Lipinski definition) is 4. The molecule has 26 heavy (non-hydrogen) atoms. The van der Waals surface area contributed by atoms with Crippen LogP contribution >= 0.6 is 0 Å². The third-order valence-electron chi connectivity index (χ3n) is 4.53. The molecule has 0 unspecified atom stereocenters. The van der Waals surface area contributed by atoms with Gasteiger partial charge in [0, 0.05) is 0 Å². The fourth-order valence-electron chi connectivity index (χ4n) is 2.60. The largest absolute Gasteiger partial charge is 0.494 e. The summed E-state index contributed by atoms with van der Waals surface area (Å²) in [6.07, 6.45) is 2.77. The molecule has 0 aliphatic rings. The van der Waals surface area contributed by atoms with Crippen molar-refractivity contribution in [3.8, 4) is 16.9 Å². The summed E-state index contributed by atoms with van der Waals surface area (Å²) in [5.74, 6) is 0.496. The zero-order chi connectivity index (χ0) is 19.0.